The summed E-state index contributed by atoms with van der Waals surface area (Å²) in [6.07, 6.45) is 0. The summed E-state index contributed by atoms with van der Waals surface area (Å²) in [6.45, 7) is 5.70. The maximum atomic E-state index is 11.1. The van der Waals surface area contributed by atoms with Crippen LogP contribution < -0.4 is 5.32 Å². The van der Waals surface area contributed by atoms with E-state index in [-0.39, 0.29) is 0 Å². The Morgan fingerprint density at radius 3 is 2.71 bits per heavy atom. The molecule has 0 saturated carbocycles. The summed E-state index contributed by atoms with van der Waals surface area (Å²) in [5.41, 5.74) is 0. The Bertz CT molecular complexity index is 141. The van der Waals surface area contributed by atoms with Crippen LogP contribution in [0.25, 0.3) is 0 Å². The van der Waals surface area contributed by atoms with Crippen molar-refractivity contribution in [1.29, 1.82) is 0 Å². The highest BCUT2D eigenvalue weighted by Gasteiger charge is 2.18. The van der Waals surface area contributed by atoms with Crippen molar-refractivity contribution in [3.8, 4) is 0 Å². The summed E-state index contributed by atoms with van der Waals surface area (Å²) < 4.78 is 16.0. The monoisotopic (exact) mass is 220 g/mol. The van der Waals surface area contributed by atoms with Crippen LogP contribution in [0.15, 0.2) is 0 Å². The fourth-order valence-electron chi connectivity index (χ4n) is 1.44. The van der Waals surface area contributed by atoms with E-state index in [9.17, 15) is 4.55 Å². The molecule has 4 nitrogen and oxygen atoms in total. The van der Waals surface area contributed by atoms with E-state index in [0.29, 0.717) is 0 Å². The number of hydrogen-bond acceptors (Lipinski definition) is 4. The topological polar surface area (TPSA) is 47.6 Å². The molecule has 1 saturated heterocycles. The molecule has 0 aliphatic carbocycles. The van der Waals surface area contributed by atoms with E-state index in [1.807, 2.05) is 0 Å². The van der Waals surface area contributed by atoms with Gasteiger partial charge in [-0.1, -0.05) is 11.2 Å². The number of rotatable bonds is 6. The first-order valence-corrected chi connectivity index (χ1v) is 6.58. The summed E-state index contributed by atoms with van der Waals surface area (Å²) in [6, 6.07) is 0. The molecule has 0 unspecified atom stereocenters. The van der Waals surface area contributed by atoms with E-state index in [4.69, 9.17) is 4.74 Å². The largest absolute Gasteiger partial charge is 0.616 e. The third-order valence-electron chi connectivity index (χ3n) is 2.36. The van der Waals surface area contributed by atoms with Gasteiger partial charge in [-0.05, 0) is 0 Å². The zero-order valence-corrected chi connectivity index (χ0v) is 9.65. The van der Waals surface area contributed by atoms with Crippen LogP contribution in [-0.4, -0.2) is 67.4 Å². The molecule has 1 rings (SSSR count). The number of nitrogens with one attached hydrogen (secondary N) is 1. The van der Waals surface area contributed by atoms with Crippen molar-refractivity contribution < 1.29 is 9.29 Å². The van der Waals surface area contributed by atoms with E-state index in [1.165, 1.54) is 0 Å². The van der Waals surface area contributed by atoms with Crippen molar-refractivity contribution in [2.45, 2.75) is 0 Å². The molecule has 0 spiro atoms. The van der Waals surface area contributed by atoms with Crippen LogP contribution in [0.4, 0.5) is 0 Å². The Hall–Kier alpha value is 0.190. The van der Waals surface area contributed by atoms with Crippen molar-refractivity contribution in [1.82, 2.24) is 10.2 Å². The molecule has 84 valence electrons. The van der Waals surface area contributed by atoms with Crippen molar-refractivity contribution in [2.24, 2.45) is 0 Å². The lowest BCUT2D eigenvalue weighted by Crippen LogP contribution is -2.43. The Morgan fingerprint density at radius 1 is 1.36 bits per heavy atom. The average Bonchev–Trinajstić information content (AvgIpc) is 2.21. The summed E-state index contributed by atoms with van der Waals surface area (Å²) in [4.78, 5) is 2.36. The molecule has 0 bridgehead atoms. The predicted molar refractivity (Wildman–Crippen MR) is 59.1 cm³/mol. The van der Waals surface area contributed by atoms with E-state index < -0.39 is 11.2 Å². The van der Waals surface area contributed by atoms with Gasteiger partial charge in [-0.25, -0.2) is 0 Å². The minimum atomic E-state index is -0.553. The van der Waals surface area contributed by atoms with Crippen molar-refractivity contribution in [2.75, 3.05) is 57.9 Å². The molecule has 0 radical (unpaired) electrons. The first kappa shape index (κ1) is 12.3. The lowest BCUT2D eigenvalue weighted by atomic mass is 10.4. The van der Waals surface area contributed by atoms with Gasteiger partial charge in [-0.2, -0.15) is 0 Å². The minimum Gasteiger partial charge on any atom is -0.616 e. The van der Waals surface area contributed by atoms with Gasteiger partial charge in [0.2, 0.25) is 0 Å². The van der Waals surface area contributed by atoms with Gasteiger partial charge in [0, 0.05) is 39.8 Å². The zero-order chi connectivity index (χ0) is 10.2. The molecule has 0 aromatic heterocycles. The summed E-state index contributed by atoms with van der Waals surface area (Å²) in [5, 5.41) is 3.30. The summed E-state index contributed by atoms with van der Waals surface area (Å²) in [7, 11) is 1.71. The Morgan fingerprint density at radius 2 is 2.07 bits per heavy atom. The van der Waals surface area contributed by atoms with Gasteiger partial charge >= 0.3 is 0 Å². The average molecular weight is 220 g/mol. The van der Waals surface area contributed by atoms with E-state index in [1.54, 1.807) is 7.11 Å². The molecule has 14 heavy (non-hydrogen) atoms. The third kappa shape index (κ3) is 5.17. The first-order valence-electron chi connectivity index (χ1n) is 5.10. The third-order valence-corrected chi connectivity index (χ3v) is 3.63. The molecule has 1 heterocycles. The van der Waals surface area contributed by atoms with Gasteiger partial charge in [-0.3, -0.25) is 4.90 Å². The minimum absolute atomic E-state index is 0.553. The molecule has 1 fully saturated rings. The smallest absolute Gasteiger partial charge is 0.118 e. The standard InChI is InChI=1S/C9H20N2O2S/c1-13-7-3-10-2-4-11-5-8-14(12)9-6-11/h10H,2-9H2,1H3. The second-order valence-corrected chi connectivity index (χ2v) is 5.13. The summed E-state index contributed by atoms with van der Waals surface area (Å²) in [5.74, 6) is 1.69. The second-order valence-electron chi connectivity index (χ2n) is 3.43. The van der Waals surface area contributed by atoms with Crippen LogP contribution in [0.2, 0.25) is 0 Å². The number of ether oxygens (including phenoxy) is 1. The van der Waals surface area contributed by atoms with Crippen LogP contribution in [-0.2, 0) is 15.9 Å². The van der Waals surface area contributed by atoms with Gasteiger partial charge in [-0.15, -0.1) is 0 Å². The highest BCUT2D eigenvalue weighted by molar-refractivity contribution is 7.91. The van der Waals surface area contributed by atoms with E-state index in [2.05, 4.69) is 10.2 Å². The van der Waals surface area contributed by atoms with Crippen molar-refractivity contribution in [3.63, 3.8) is 0 Å². The van der Waals surface area contributed by atoms with Gasteiger partial charge in [0.1, 0.15) is 11.5 Å². The van der Waals surface area contributed by atoms with Crippen LogP contribution in [0.1, 0.15) is 0 Å². The first-order chi connectivity index (χ1) is 6.83. The lowest BCUT2D eigenvalue weighted by molar-refractivity contribution is 0.197. The van der Waals surface area contributed by atoms with Crippen LogP contribution in [0, 0.1) is 0 Å². The van der Waals surface area contributed by atoms with Gasteiger partial charge in [0.25, 0.3) is 0 Å². The maximum absolute atomic E-state index is 11.1. The number of methoxy groups -OCH3 is 1. The summed E-state index contributed by atoms with van der Waals surface area (Å²) >= 11 is -0.553. The predicted octanol–water partition coefficient (Wildman–Crippen LogP) is -0.713. The van der Waals surface area contributed by atoms with E-state index >= 15 is 0 Å². The quantitative estimate of drug-likeness (QED) is 0.474. The normalized spacial score (nSPS) is 20.1. The molecule has 5 heteroatoms. The number of hydrogen-bond donors (Lipinski definition) is 1. The molecule has 1 N–H and O–H groups in total. The molecule has 0 aromatic carbocycles. The SMILES string of the molecule is COCCNCCN1CC[S+]([O-])CC1. The van der Waals surface area contributed by atoms with Gasteiger partial charge < -0.3 is 14.6 Å². The molecule has 1 aliphatic heterocycles. The fraction of sp³-hybridized carbons (Fsp3) is 1.00. The number of nitrogens with zero attached hydrogens (tertiary/aromatic N) is 1. The molecular formula is C9H20N2O2S. The molecule has 1 aliphatic rings. The van der Waals surface area contributed by atoms with E-state index in [0.717, 1.165) is 50.8 Å². The fourth-order valence-corrected chi connectivity index (χ4v) is 2.56. The molecule has 0 amide bonds. The highest BCUT2D eigenvalue weighted by Crippen LogP contribution is 2.02. The van der Waals surface area contributed by atoms with Crippen LogP contribution in [0.5, 0.6) is 0 Å². The Balaban J connectivity index is 1.91. The Kier molecular flexibility index (Phi) is 6.55. The van der Waals surface area contributed by atoms with Crippen LogP contribution >= 0.6 is 0 Å². The van der Waals surface area contributed by atoms with Crippen molar-refractivity contribution >= 4 is 11.2 Å². The van der Waals surface area contributed by atoms with Crippen molar-refractivity contribution in [3.05, 3.63) is 0 Å². The second kappa shape index (κ2) is 7.48. The van der Waals surface area contributed by atoms with Crippen LogP contribution in [0.3, 0.4) is 0 Å². The molecule has 0 atom stereocenters. The maximum Gasteiger partial charge on any atom is 0.118 e. The Labute approximate surface area is 89.2 Å². The lowest BCUT2D eigenvalue weighted by Gasteiger charge is -2.27. The highest BCUT2D eigenvalue weighted by atomic mass is 32.2. The molecule has 0 aromatic rings. The zero-order valence-electron chi connectivity index (χ0n) is 8.83. The van der Waals surface area contributed by atoms with Gasteiger partial charge in [0.05, 0.1) is 6.61 Å². The van der Waals surface area contributed by atoms with Gasteiger partial charge in [0.15, 0.2) is 0 Å². The molecular weight excluding hydrogens is 200 g/mol.